The third-order valence-electron chi connectivity index (χ3n) is 7.73. The first-order valence-electron chi connectivity index (χ1n) is 12.6. The summed E-state index contributed by atoms with van der Waals surface area (Å²) in [6.45, 7) is 10.4. The average molecular weight is 461 g/mol. The monoisotopic (exact) mass is 460 g/mol. The second-order valence-corrected chi connectivity index (χ2v) is 10.2. The molecule has 1 aromatic heterocycles. The maximum absolute atomic E-state index is 13.1. The Hall–Kier alpha value is -2.67. The zero-order chi connectivity index (χ0) is 23.7. The lowest BCUT2D eigenvalue weighted by molar-refractivity contribution is -0.0276. The number of nitrogens with zero attached hydrogens (tertiary/aromatic N) is 3. The molecule has 2 fully saturated rings. The number of hydrogen-bond acceptors (Lipinski definition) is 4. The van der Waals surface area contributed by atoms with Crippen LogP contribution in [0.15, 0.2) is 54.7 Å². The fraction of sp³-hybridized carbons (Fsp3) is 0.464. The Morgan fingerprint density at radius 1 is 1.00 bits per heavy atom. The van der Waals surface area contributed by atoms with Crippen molar-refractivity contribution in [3.05, 3.63) is 71.4 Å². The predicted octanol–water partition coefficient (Wildman–Crippen LogP) is 3.82. The summed E-state index contributed by atoms with van der Waals surface area (Å²) in [6.07, 6.45) is 3.54. The molecule has 0 unspecified atom stereocenters. The number of likely N-dealkylation sites (tertiary alicyclic amines) is 1. The summed E-state index contributed by atoms with van der Waals surface area (Å²) in [4.78, 5) is 23.3. The molecule has 2 aromatic carbocycles. The quantitative estimate of drug-likeness (QED) is 0.608. The number of amides is 1. The van der Waals surface area contributed by atoms with Crippen LogP contribution in [0, 0.1) is 0 Å². The number of aliphatic hydroxyl groups is 1. The highest BCUT2D eigenvalue weighted by Crippen LogP contribution is 2.33. The van der Waals surface area contributed by atoms with Gasteiger partial charge < -0.3 is 15.0 Å². The van der Waals surface area contributed by atoms with Crippen molar-refractivity contribution in [2.75, 3.05) is 39.3 Å². The fourth-order valence-corrected chi connectivity index (χ4v) is 5.43. The van der Waals surface area contributed by atoms with Gasteiger partial charge in [0.25, 0.3) is 5.91 Å². The maximum atomic E-state index is 13.1. The molecule has 3 heterocycles. The van der Waals surface area contributed by atoms with Gasteiger partial charge in [-0.05, 0) is 49.9 Å². The van der Waals surface area contributed by atoms with Crippen LogP contribution in [0.4, 0.5) is 0 Å². The standard InChI is InChI=1S/C28H36N4O2/c1-21(2)31-14-16-32(17-15-31)27(33)22-8-9-25-23(19-29-26(25)18-22)20-30-12-10-28(34,11-13-30)24-6-4-3-5-7-24/h3-9,18-19,21,29,34H,10-17,20H2,1-2H3. The van der Waals surface area contributed by atoms with Crippen LogP contribution in [-0.4, -0.2) is 76.0 Å². The largest absolute Gasteiger partial charge is 0.385 e. The molecule has 0 bridgehead atoms. The third-order valence-corrected chi connectivity index (χ3v) is 7.73. The van der Waals surface area contributed by atoms with E-state index in [0.29, 0.717) is 6.04 Å². The van der Waals surface area contributed by atoms with E-state index in [-0.39, 0.29) is 5.91 Å². The van der Waals surface area contributed by atoms with Gasteiger partial charge in [0.2, 0.25) is 0 Å². The summed E-state index contributed by atoms with van der Waals surface area (Å²) >= 11 is 0. The number of rotatable bonds is 5. The van der Waals surface area contributed by atoms with Gasteiger partial charge in [-0.3, -0.25) is 14.6 Å². The minimum absolute atomic E-state index is 0.123. The van der Waals surface area contributed by atoms with Crippen molar-refractivity contribution in [2.24, 2.45) is 0 Å². The molecule has 1 amide bonds. The van der Waals surface area contributed by atoms with Crippen LogP contribution < -0.4 is 0 Å². The average Bonchev–Trinajstić information content (AvgIpc) is 3.27. The molecule has 0 spiro atoms. The highest BCUT2D eigenvalue weighted by atomic mass is 16.3. The van der Waals surface area contributed by atoms with Gasteiger partial charge in [0.15, 0.2) is 0 Å². The van der Waals surface area contributed by atoms with E-state index in [1.54, 1.807) is 0 Å². The van der Waals surface area contributed by atoms with E-state index in [0.717, 1.165) is 75.3 Å². The van der Waals surface area contributed by atoms with E-state index in [1.807, 2.05) is 47.4 Å². The summed E-state index contributed by atoms with van der Waals surface area (Å²) in [6, 6.07) is 16.6. The van der Waals surface area contributed by atoms with E-state index < -0.39 is 5.60 Å². The molecule has 0 atom stereocenters. The third kappa shape index (κ3) is 4.63. The van der Waals surface area contributed by atoms with Gasteiger partial charge in [-0.15, -0.1) is 0 Å². The van der Waals surface area contributed by atoms with Crippen molar-refractivity contribution < 1.29 is 9.90 Å². The van der Waals surface area contributed by atoms with Crippen LogP contribution >= 0.6 is 0 Å². The smallest absolute Gasteiger partial charge is 0.254 e. The zero-order valence-electron chi connectivity index (χ0n) is 20.3. The van der Waals surface area contributed by atoms with Gasteiger partial charge in [0.1, 0.15) is 0 Å². The van der Waals surface area contributed by atoms with Crippen molar-refractivity contribution >= 4 is 16.8 Å². The molecule has 0 radical (unpaired) electrons. The molecule has 0 saturated carbocycles. The van der Waals surface area contributed by atoms with Crippen LogP contribution in [0.1, 0.15) is 48.2 Å². The van der Waals surface area contributed by atoms with Gasteiger partial charge in [0.05, 0.1) is 5.60 Å². The number of piperidine rings is 1. The summed E-state index contributed by atoms with van der Waals surface area (Å²) < 4.78 is 0. The van der Waals surface area contributed by atoms with Crippen LogP contribution in [0.5, 0.6) is 0 Å². The van der Waals surface area contributed by atoms with Gasteiger partial charge in [-0.25, -0.2) is 0 Å². The molecule has 5 rings (SSSR count). The number of aromatic amines is 1. The van der Waals surface area contributed by atoms with Gasteiger partial charge in [-0.2, -0.15) is 0 Å². The van der Waals surface area contributed by atoms with E-state index in [1.165, 1.54) is 10.9 Å². The first kappa shape index (κ1) is 23.1. The highest BCUT2D eigenvalue weighted by molar-refractivity contribution is 5.98. The number of H-pyrrole nitrogens is 1. The van der Waals surface area contributed by atoms with Crippen molar-refractivity contribution in [3.63, 3.8) is 0 Å². The molecule has 2 N–H and O–H groups in total. The van der Waals surface area contributed by atoms with Gasteiger partial charge >= 0.3 is 0 Å². The summed E-state index contributed by atoms with van der Waals surface area (Å²) in [7, 11) is 0. The number of aromatic nitrogens is 1. The normalized spacial score (nSPS) is 19.7. The first-order chi connectivity index (χ1) is 16.4. The molecule has 6 nitrogen and oxygen atoms in total. The second-order valence-electron chi connectivity index (χ2n) is 10.2. The fourth-order valence-electron chi connectivity index (χ4n) is 5.43. The highest BCUT2D eigenvalue weighted by Gasteiger charge is 2.34. The van der Waals surface area contributed by atoms with Crippen LogP contribution in [0.25, 0.3) is 10.9 Å². The van der Waals surface area contributed by atoms with Crippen molar-refractivity contribution in [1.29, 1.82) is 0 Å². The van der Waals surface area contributed by atoms with Crippen LogP contribution in [-0.2, 0) is 12.1 Å². The number of benzene rings is 2. The molecule has 2 saturated heterocycles. The van der Waals surface area contributed by atoms with E-state index in [2.05, 4.69) is 40.9 Å². The van der Waals surface area contributed by atoms with E-state index in [9.17, 15) is 9.90 Å². The minimum Gasteiger partial charge on any atom is -0.385 e. The zero-order valence-corrected chi connectivity index (χ0v) is 20.3. The number of piperazine rings is 1. The van der Waals surface area contributed by atoms with Gasteiger partial charge in [-0.1, -0.05) is 36.4 Å². The molecular formula is C28H36N4O2. The number of carbonyl (C=O) groups is 1. The van der Waals surface area contributed by atoms with Gasteiger partial charge in [0, 0.05) is 74.5 Å². The Morgan fingerprint density at radius 3 is 2.38 bits per heavy atom. The Balaban J connectivity index is 1.22. The molecule has 6 heteroatoms. The molecule has 2 aliphatic heterocycles. The minimum atomic E-state index is -0.728. The number of fused-ring (bicyclic) bond motifs is 1. The van der Waals surface area contributed by atoms with E-state index >= 15 is 0 Å². The van der Waals surface area contributed by atoms with Crippen molar-refractivity contribution in [1.82, 2.24) is 19.7 Å². The predicted molar refractivity (Wildman–Crippen MR) is 136 cm³/mol. The summed E-state index contributed by atoms with van der Waals surface area (Å²) in [5.74, 6) is 0.123. The molecule has 180 valence electrons. The number of nitrogens with one attached hydrogen (secondary N) is 1. The molecular weight excluding hydrogens is 424 g/mol. The lowest BCUT2D eigenvalue weighted by Gasteiger charge is -2.38. The summed E-state index contributed by atoms with van der Waals surface area (Å²) in [5, 5.41) is 12.3. The maximum Gasteiger partial charge on any atom is 0.254 e. The lowest BCUT2D eigenvalue weighted by atomic mass is 9.84. The topological polar surface area (TPSA) is 62.8 Å². The van der Waals surface area contributed by atoms with Crippen LogP contribution in [0.2, 0.25) is 0 Å². The Labute approximate surface area is 202 Å². The Kier molecular flexibility index (Phi) is 6.47. The number of hydrogen-bond donors (Lipinski definition) is 2. The first-order valence-corrected chi connectivity index (χ1v) is 12.6. The molecule has 0 aliphatic carbocycles. The Bertz CT molecular complexity index is 1120. The number of carbonyl (C=O) groups excluding carboxylic acids is 1. The van der Waals surface area contributed by atoms with Crippen molar-refractivity contribution in [3.8, 4) is 0 Å². The van der Waals surface area contributed by atoms with Crippen molar-refractivity contribution in [2.45, 2.75) is 44.9 Å². The molecule has 2 aliphatic rings. The molecule has 34 heavy (non-hydrogen) atoms. The Morgan fingerprint density at radius 2 is 1.71 bits per heavy atom. The summed E-state index contributed by atoms with van der Waals surface area (Å²) in [5.41, 5.74) is 3.30. The van der Waals surface area contributed by atoms with E-state index in [4.69, 9.17) is 0 Å². The second kappa shape index (κ2) is 9.53. The lowest BCUT2D eigenvalue weighted by Crippen LogP contribution is -2.50. The molecule has 3 aromatic rings. The van der Waals surface area contributed by atoms with Crippen LogP contribution in [0.3, 0.4) is 0 Å². The SMILES string of the molecule is CC(C)N1CCN(C(=O)c2ccc3c(CN4CCC(O)(c5ccccc5)CC4)c[nH]c3c2)CC1.